The van der Waals surface area contributed by atoms with Crippen molar-refractivity contribution in [3.8, 4) is 5.69 Å². The SMILES string of the molecule is CN=C1Nc2cc(-n3cc(CNC)cn3)c(Cl)cc2C12CCC2. The van der Waals surface area contributed by atoms with Gasteiger partial charge in [0.05, 0.1) is 22.3 Å². The smallest absolute Gasteiger partial charge is 0.111 e. The molecule has 0 bridgehead atoms. The number of hydrogen-bond acceptors (Lipinski definition) is 3. The number of hydrogen-bond donors (Lipinski definition) is 2. The largest absolute Gasteiger partial charge is 0.343 e. The second kappa shape index (κ2) is 5.35. The predicted molar refractivity (Wildman–Crippen MR) is 93.8 cm³/mol. The maximum Gasteiger partial charge on any atom is 0.111 e. The third-order valence-corrected chi connectivity index (χ3v) is 5.31. The standard InChI is InChI=1S/C17H20ClN5/c1-19-8-11-9-21-23(10-11)15-7-14-12(6-13(15)18)17(4-3-5-17)16(20-2)22-14/h6-7,9-10,19H,3-5,8H2,1-2H3,(H,20,22). The van der Waals surface area contributed by atoms with Gasteiger partial charge >= 0.3 is 0 Å². The third-order valence-electron chi connectivity index (χ3n) is 5.00. The molecule has 1 spiro atoms. The van der Waals surface area contributed by atoms with Crippen LogP contribution >= 0.6 is 11.6 Å². The summed E-state index contributed by atoms with van der Waals surface area (Å²) < 4.78 is 1.84. The van der Waals surface area contributed by atoms with Crippen molar-refractivity contribution in [2.24, 2.45) is 4.99 Å². The van der Waals surface area contributed by atoms with E-state index >= 15 is 0 Å². The molecule has 1 aromatic carbocycles. The Kier molecular flexibility index (Phi) is 3.43. The average Bonchev–Trinajstić information content (AvgIpc) is 3.07. The van der Waals surface area contributed by atoms with Crippen LogP contribution in [0, 0.1) is 0 Å². The first-order valence-electron chi connectivity index (χ1n) is 7.95. The summed E-state index contributed by atoms with van der Waals surface area (Å²) >= 11 is 6.58. The zero-order valence-corrected chi connectivity index (χ0v) is 14.1. The van der Waals surface area contributed by atoms with Crippen LogP contribution in [0.5, 0.6) is 0 Å². The molecule has 1 aliphatic carbocycles. The van der Waals surface area contributed by atoms with Gasteiger partial charge < -0.3 is 10.6 Å². The summed E-state index contributed by atoms with van der Waals surface area (Å²) in [6.45, 7) is 0.788. The first-order valence-corrected chi connectivity index (χ1v) is 8.32. The molecule has 120 valence electrons. The Bertz CT molecular complexity index is 788. The predicted octanol–water partition coefficient (Wildman–Crippen LogP) is 3.12. The van der Waals surface area contributed by atoms with Crippen LogP contribution in [-0.2, 0) is 12.0 Å². The first kappa shape index (κ1) is 14.7. The molecule has 0 radical (unpaired) electrons. The number of anilines is 1. The summed E-state index contributed by atoms with van der Waals surface area (Å²) in [4.78, 5) is 4.47. The zero-order valence-electron chi connectivity index (χ0n) is 13.4. The first-order chi connectivity index (χ1) is 11.2. The highest BCUT2D eigenvalue weighted by atomic mass is 35.5. The van der Waals surface area contributed by atoms with Crippen molar-refractivity contribution >= 4 is 23.1 Å². The molecule has 0 amide bonds. The van der Waals surface area contributed by atoms with Crippen LogP contribution in [0.1, 0.15) is 30.4 Å². The van der Waals surface area contributed by atoms with Crippen molar-refractivity contribution in [1.29, 1.82) is 0 Å². The molecular formula is C17H20ClN5. The molecule has 2 aromatic rings. The minimum absolute atomic E-state index is 0.0632. The van der Waals surface area contributed by atoms with E-state index in [-0.39, 0.29) is 5.41 Å². The number of nitrogens with zero attached hydrogens (tertiary/aromatic N) is 3. The summed E-state index contributed by atoms with van der Waals surface area (Å²) in [7, 11) is 3.78. The number of aromatic nitrogens is 2. The zero-order chi connectivity index (χ0) is 16.0. The van der Waals surface area contributed by atoms with Crippen LogP contribution in [0.25, 0.3) is 5.69 Å². The van der Waals surface area contributed by atoms with Crippen LogP contribution in [0.3, 0.4) is 0 Å². The van der Waals surface area contributed by atoms with Gasteiger partial charge in [0.25, 0.3) is 0 Å². The second-order valence-corrected chi connectivity index (χ2v) is 6.71. The summed E-state index contributed by atoms with van der Waals surface area (Å²) in [5.41, 5.74) is 4.47. The molecule has 0 saturated heterocycles. The fourth-order valence-corrected chi connectivity index (χ4v) is 3.96. The van der Waals surface area contributed by atoms with Gasteiger partial charge in [-0.3, -0.25) is 4.99 Å². The Morgan fingerprint density at radius 3 is 2.91 bits per heavy atom. The van der Waals surface area contributed by atoms with Crippen LogP contribution in [0.15, 0.2) is 29.5 Å². The van der Waals surface area contributed by atoms with Gasteiger partial charge in [-0.15, -0.1) is 0 Å². The molecule has 0 unspecified atom stereocenters. The number of benzene rings is 1. The minimum atomic E-state index is 0.0632. The molecule has 5 nitrogen and oxygen atoms in total. The number of aliphatic imine (C=N–C) groups is 1. The molecule has 2 N–H and O–H groups in total. The number of nitrogens with one attached hydrogen (secondary N) is 2. The van der Waals surface area contributed by atoms with Gasteiger partial charge in [0.2, 0.25) is 0 Å². The molecule has 23 heavy (non-hydrogen) atoms. The Morgan fingerprint density at radius 2 is 2.26 bits per heavy atom. The highest BCUT2D eigenvalue weighted by Gasteiger charge is 2.49. The molecular weight excluding hydrogens is 310 g/mol. The molecule has 2 aliphatic rings. The molecule has 2 heterocycles. The molecule has 1 aliphatic heterocycles. The number of fused-ring (bicyclic) bond motifs is 2. The highest BCUT2D eigenvalue weighted by Crippen LogP contribution is 2.52. The molecule has 1 fully saturated rings. The second-order valence-electron chi connectivity index (χ2n) is 6.31. The van der Waals surface area contributed by atoms with Crippen molar-refractivity contribution < 1.29 is 0 Å². The number of halogens is 1. The van der Waals surface area contributed by atoms with Gasteiger partial charge in [-0.25, -0.2) is 4.68 Å². The van der Waals surface area contributed by atoms with E-state index in [1.165, 1.54) is 12.0 Å². The van der Waals surface area contributed by atoms with Gasteiger partial charge in [-0.1, -0.05) is 18.0 Å². The topological polar surface area (TPSA) is 54.2 Å². The van der Waals surface area contributed by atoms with Crippen molar-refractivity contribution in [3.05, 3.63) is 40.7 Å². The average molecular weight is 330 g/mol. The van der Waals surface area contributed by atoms with Gasteiger partial charge in [0, 0.05) is 31.0 Å². The van der Waals surface area contributed by atoms with Crippen molar-refractivity contribution in [3.63, 3.8) is 0 Å². The van der Waals surface area contributed by atoms with Crippen molar-refractivity contribution in [1.82, 2.24) is 15.1 Å². The summed E-state index contributed by atoms with van der Waals surface area (Å²) in [5, 5.41) is 11.8. The van der Waals surface area contributed by atoms with Crippen LogP contribution in [0.4, 0.5) is 5.69 Å². The lowest BCUT2D eigenvalue weighted by atomic mass is 9.65. The number of amidine groups is 1. The Hall–Kier alpha value is -1.85. The fourth-order valence-electron chi connectivity index (χ4n) is 3.71. The van der Waals surface area contributed by atoms with E-state index in [9.17, 15) is 0 Å². The lowest BCUT2D eigenvalue weighted by molar-refractivity contribution is 0.347. The molecule has 1 aromatic heterocycles. The summed E-state index contributed by atoms with van der Waals surface area (Å²) in [5.74, 6) is 1.07. The monoisotopic (exact) mass is 329 g/mol. The van der Waals surface area contributed by atoms with E-state index < -0.39 is 0 Å². The maximum atomic E-state index is 6.58. The highest BCUT2D eigenvalue weighted by molar-refractivity contribution is 6.33. The van der Waals surface area contributed by atoms with Gasteiger partial charge in [0.15, 0.2) is 0 Å². The fraction of sp³-hybridized carbons (Fsp3) is 0.412. The van der Waals surface area contributed by atoms with Crippen LogP contribution in [-0.4, -0.2) is 29.7 Å². The van der Waals surface area contributed by atoms with E-state index in [1.807, 2.05) is 31.2 Å². The van der Waals surface area contributed by atoms with Gasteiger partial charge in [-0.05, 0) is 37.6 Å². The van der Waals surface area contributed by atoms with Crippen LogP contribution in [0.2, 0.25) is 5.02 Å². The van der Waals surface area contributed by atoms with Gasteiger partial charge in [-0.2, -0.15) is 5.10 Å². The van der Waals surface area contributed by atoms with E-state index in [4.69, 9.17) is 11.6 Å². The third kappa shape index (κ3) is 2.11. The van der Waals surface area contributed by atoms with E-state index in [0.29, 0.717) is 0 Å². The normalized spacial score (nSPS) is 19.7. The summed E-state index contributed by atoms with van der Waals surface area (Å²) in [6, 6.07) is 4.18. The molecule has 1 saturated carbocycles. The molecule has 6 heteroatoms. The van der Waals surface area contributed by atoms with Crippen molar-refractivity contribution in [2.75, 3.05) is 19.4 Å². The minimum Gasteiger partial charge on any atom is -0.343 e. The molecule has 4 rings (SSSR count). The van der Waals surface area contributed by atoms with Gasteiger partial charge in [0.1, 0.15) is 5.84 Å². The Morgan fingerprint density at radius 1 is 1.43 bits per heavy atom. The Labute approximate surface area is 140 Å². The van der Waals surface area contributed by atoms with E-state index in [1.54, 1.807) is 0 Å². The van der Waals surface area contributed by atoms with E-state index in [2.05, 4.69) is 32.9 Å². The summed E-state index contributed by atoms with van der Waals surface area (Å²) in [6.07, 6.45) is 7.39. The Balaban J connectivity index is 1.78. The lowest BCUT2D eigenvalue weighted by Gasteiger charge is -2.38. The quantitative estimate of drug-likeness (QED) is 0.909. The van der Waals surface area contributed by atoms with E-state index in [0.717, 1.165) is 47.2 Å². The van der Waals surface area contributed by atoms with Crippen molar-refractivity contribution in [2.45, 2.75) is 31.2 Å². The maximum absolute atomic E-state index is 6.58. The lowest BCUT2D eigenvalue weighted by Crippen LogP contribution is -2.41. The molecule has 0 atom stereocenters. The van der Waals surface area contributed by atoms with Crippen LogP contribution < -0.4 is 10.6 Å². The number of rotatable bonds is 3.